The van der Waals surface area contributed by atoms with Crippen molar-refractivity contribution in [1.29, 1.82) is 0 Å². The smallest absolute Gasteiger partial charge is 0.330 e. The first-order valence-electron chi connectivity index (χ1n) is 13.6. The Morgan fingerprint density at radius 3 is 2.72 bits per heavy atom. The number of fused-ring (bicyclic) bond motifs is 2. The number of rotatable bonds is 10. The minimum atomic E-state index is -0.352. The number of aromatic nitrogens is 1. The van der Waals surface area contributed by atoms with Crippen molar-refractivity contribution < 1.29 is 14.3 Å². The zero-order valence-electron chi connectivity index (χ0n) is 22.6. The molecule has 1 aliphatic carbocycles. The fourth-order valence-electron chi connectivity index (χ4n) is 5.54. The molecule has 1 aliphatic rings. The van der Waals surface area contributed by atoms with Crippen molar-refractivity contribution in [2.45, 2.75) is 38.8 Å². The number of carbonyl (C=O) groups is 2. The molecule has 5 rings (SSSR count). The predicted octanol–water partition coefficient (Wildman–Crippen LogP) is 5.84. The molecular weight excluding hydrogens is 486 g/mol. The number of esters is 1. The Kier molecular flexibility index (Phi) is 8.23. The van der Waals surface area contributed by atoms with Crippen LogP contribution in [0.2, 0.25) is 0 Å². The lowest BCUT2D eigenvalue weighted by Gasteiger charge is -2.30. The van der Waals surface area contributed by atoms with E-state index in [1.165, 1.54) is 46.3 Å². The standard InChI is InChI=1S/C33H35N3O3/c1-3-34-33(38)25-12-8-24(9-13-25)22-36(19-18-27-21-35-30-7-5-4-6-28(27)30)31-16-14-26-20-23(10-15-29(26)31)11-17-32(37)39-2/h4-13,15,17,20-21,31,35H,3,14,16,18-19,22H2,1-2H3,(H,34,38)/b17-11+. The Morgan fingerprint density at radius 1 is 1.10 bits per heavy atom. The molecule has 6 heteroatoms. The molecule has 0 radical (unpaired) electrons. The first-order chi connectivity index (χ1) is 19.1. The summed E-state index contributed by atoms with van der Waals surface area (Å²) in [6, 6.07) is 23.2. The van der Waals surface area contributed by atoms with Gasteiger partial charge in [-0.2, -0.15) is 0 Å². The summed E-state index contributed by atoms with van der Waals surface area (Å²) < 4.78 is 4.73. The molecular formula is C33H35N3O3. The van der Waals surface area contributed by atoms with Crippen molar-refractivity contribution in [2.75, 3.05) is 20.2 Å². The van der Waals surface area contributed by atoms with Gasteiger partial charge < -0.3 is 15.0 Å². The molecule has 1 aromatic heterocycles. The number of hydrogen-bond acceptors (Lipinski definition) is 4. The third-order valence-electron chi connectivity index (χ3n) is 7.55. The number of carbonyl (C=O) groups excluding carboxylic acids is 2. The van der Waals surface area contributed by atoms with Gasteiger partial charge in [0.25, 0.3) is 5.91 Å². The van der Waals surface area contributed by atoms with E-state index < -0.39 is 0 Å². The van der Waals surface area contributed by atoms with E-state index in [0.717, 1.165) is 37.9 Å². The van der Waals surface area contributed by atoms with Gasteiger partial charge in [0, 0.05) is 54.4 Å². The maximum absolute atomic E-state index is 12.2. The summed E-state index contributed by atoms with van der Waals surface area (Å²) >= 11 is 0. The van der Waals surface area contributed by atoms with Crippen molar-refractivity contribution >= 4 is 28.9 Å². The summed E-state index contributed by atoms with van der Waals surface area (Å²) in [6.45, 7) is 4.25. The maximum Gasteiger partial charge on any atom is 0.330 e. The Labute approximate surface area is 229 Å². The molecule has 3 aromatic carbocycles. The van der Waals surface area contributed by atoms with E-state index in [2.05, 4.69) is 76.0 Å². The second-order valence-electron chi connectivity index (χ2n) is 10.0. The van der Waals surface area contributed by atoms with Gasteiger partial charge in [-0.05, 0) is 78.3 Å². The molecule has 0 bridgehead atoms. The average Bonchev–Trinajstić information content (AvgIpc) is 3.58. The Morgan fingerprint density at radius 2 is 1.92 bits per heavy atom. The first kappa shape index (κ1) is 26.4. The largest absolute Gasteiger partial charge is 0.466 e. The predicted molar refractivity (Wildman–Crippen MR) is 155 cm³/mol. The molecule has 2 N–H and O–H groups in total. The molecule has 0 fully saturated rings. The van der Waals surface area contributed by atoms with Gasteiger partial charge in [-0.25, -0.2) is 4.79 Å². The number of amides is 1. The Balaban J connectivity index is 1.38. The zero-order chi connectivity index (χ0) is 27.2. The second-order valence-corrected chi connectivity index (χ2v) is 10.0. The van der Waals surface area contributed by atoms with Gasteiger partial charge in [-0.15, -0.1) is 0 Å². The lowest BCUT2D eigenvalue weighted by Crippen LogP contribution is -2.29. The molecule has 0 aliphatic heterocycles. The monoisotopic (exact) mass is 521 g/mol. The van der Waals surface area contributed by atoms with Crippen LogP contribution in [-0.2, 0) is 28.9 Å². The molecule has 1 unspecified atom stereocenters. The van der Waals surface area contributed by atoms with E-state index in [1.54, 1.807) is 0 Å². The quantitative estimate of drug-likeness (QED) is 0.203. The fourth-order valence-corrected chi connectivity index (χ4v) is 5.54. The number of nitrogens with zero attached hydrogens (tertiary/aromatic N) is 1. The highest BCUT2D eigenvalue weighted by Gasteiger charge is 2.28. The second kappa shape index (κ2) is 12.1. The van der Waals surface area contributed by atoms with Crippen LogP contribution < -0.4 is 5.32 Å². The first-order valence-corrected chi connectivity index (χ1v) is 13.6. The van der Waals surface area contributed by atoms with E-state index in [0.29, 0.717) is 18.2 Å². The van der Waals surface area contributed by atoms with E-state index in [4.69, 9.17) is 4.74 Å². The average molecular weight is 522 g/mol. The maximum atomic E-state index is 12.2. The normalized spacial score (nSPS) is 14.7. The molecule has 1 amide bonds. The number of ether oxygens (including phenoxy) is 1. The number of aryl methyl sites for hydroxylation is 1. The van der Waals surface area contributed by atoms with Crippen molar-refractivity contribution in [2.24, 2.45) is 0 Å². The van der Waals surface area contributed by atoms with Gasteiger partial charge in [-0.1, -0.05) is 48.5 Å². The number of benzene rings is 3. The topological polar surface area (TPSA) is 74.4 Å². The lowest BCUT2D eigenvalue weighted by molar-refractivity contribution is -0.134. The third-order valence-corrected chi connectivity index (χ3v) is 7.55. The lowest BCUT2D eigenvalue weighted by atomic mass is 10.0. The Bertz CT molecular complexity index is 1490. The van der Waals surface area contributed by atoms with E-state index in [9.17, 15) is 9.59 Å². The molecule has 200 valence electrons. The van der Waals surface area contributed by atoms with Gasteiger partial charge in [0.05, 0.1) is 7.11 Å². The summed E-state index contributed by atoms with van der Waals surface area (Å²) in [7, 11) is 1.39. The molecule has 0 spiro atoms. The van der Waals surface area contributed by atoms with Crippen LogP contribution in [0.25, 0.3) is 17.0 Å². The van der Waals surface area contributed by atoms with Crippen molar-refractivity contribution in [1.82, 2.24) is 15.2 Å². The van der Waals surface area contributed by atoms with Crippen LogP contribution in [0.1, 0.15) is 57.6 Å². The number of nitrogens with one attached hydrogen (secondary N) is 2. The van der Waals surface area contributed by atoms with Crippen molar-refractivity contribution in [3.8, 4) is 0 Å². The summed E-state index contributed by atoms with van der Waals surface area (Å²) in [4.78, 5) is 29.8. The van der Waals surface area contributed by atoms with Gasteiger partial charge in [0.1, 0.15) is 0 Å². The molecule has 6 nitrogen and oxygen atoms in total. The van der Waals surface area contributed by atoms with Crippen LogP contribution in [0.4, 0.5) is 0 Å². The molecule has 1 heterocycles. The van der Waals surface area contributed by atoms with Crippen LogP contribution in [0.15, 0.2) is 79.0 Å². The Hall–Kier alpha value is -4.16. The zero-order valence-corrected chi connectivity index (χ0v) is 22.6. The van der Waals surface area contributed by atoms with Gasteiger partial charge in [0.2, 0.25) is 0 Å². The SMILES string of the molecule is CCNC(=O)c1ccc(CN(CCc2c[nH]c3ccccc23)C2CCc3cc(/C=C/C(=O)OC)ccc32)cc1. The van der Waals surface area contributed by atoms with Crippen LogP contribution >= 0.6 is 0 Å². The molecule has 39 heavy (non-hydrogen) atoms. The number of H-pyrrole nitrogens is 1. The molecule has 1 atom stereocenters. The molecule has 0 saturated carbocycles. The summed E-state index contributed by atoms with van der Waals surface area (Å²) in [6.07, 6.45) is 8.39. The molecule has 0 saturated heterocycles. The minimum absolute atomic E-state index is 0.0398. The van der Waals surface area contributed by atoms with Gasteiger partial charge in [-0.3, -0.25) is 9.69 Å². The molecule has 4 aromatic rings. The number of methoxy groups -OCH3 is 1. The minimum Gasteiger partial charge on any atom is -0.466 e. The van der Waals surface area contributed by atoms with Crippen molar-refractivity contribution in [3.63, 3.8) is 0 Å². The van der Waals surface area contributed by atoms with Crippen LogP contribution in [0.5, 0.6) is 0 Å². The van der Waals surface area contributed by atoms with E-state index in [1.807, 2.05) is 25.1 Å². The summed E-state index contributed by atoms with van der Waals surface area (Å²) in [5, 5.41) is 4.14. The summed E-state index contributed by atoms with van der Waals surface area (Å²) in [5.41, 5.74) is 8.05. The highest BCUT2D eigenvalue weighted by atomic mass is 16.5. The van der Waals surface area contributed by atoms with Crippen LogP contribution in [-0.4, -0.2) is 42.0 Å². The number of hydrogen-bond donors (Lipinski definition) is 2. The number of aromatic amines is 1. The number of para-hydroxylation sites is 1. The highest BCUT2D eigenvalue weighted by molar-refractivity contribution is 5.94. The van der Waals surface area contributed by atoms with Crippen LogP contribution in [0.3, 0.4) is 0 Å². The van der Waals surface area contributed by atoms with Gasteiger partial charge in [0.15, 0.2) is 0 Å². The van der Waals surface area contributed by atoms with E-state index >= 15 is 0 Å². The fraction of sp³-hybridized carbons (Fsp3) is 0.273. The van der Waals surface area contributed by atoms with Crippen molar-refractivity contribution in [3.05, 3.63) is 112 Å². The third kappa shape index (κ3) is 6.13. The summed E-state index contributed by atoms with van der Waals surface area (Å²) in [5.74, 6) is -0.392. The van der Waals surface area contributed by atoms with Crippen LogP contribution in [0, 0.1) is 0 Å². The van der Waals surface area contributed by atoms with E-state index in [-0.39, 0.29) is 11.9 Å². The highest BCUT2D eigenvalue weighted by Crippen LogP contribution is 2.37. The van der Waals surface area contributed by atoms with Gasteiger partial charge >= 0.3 is 5.97 Å².